The number of hydrogen-bond acceptors (Lipinski definition) is 1. The van der Waals surface area contributed by atoms with Gasteiger partial charge in [-0.2, -0.15) is 5.10 Å². The summed E-state index contributed by atoms with van der Waals surface area (Å²) in [7, 11) is 1.80. The normalized spacial score (nSPS) is 8.10. The Labute approximate surface area is 120 Å². The van der Waals surface area contributed by atoms with Crippen molar-refractivity contribution in [1.82, 2.24) is 9.78 Å². The van der Waals surface area contributed by atoms with Crippen LogP contribution in [0.4, 0.5) is 0 Å². The Morgan fingerprint density at radius 2 is 2.30 bits per heavy atom. The average Bonchev–Trinajstić information content (AvgIpc) is 2.10. The van der Waals surface area contributed by atoms with Gasteiger partial charge in [-0.1, -0.05) is 6.07 Å². The summed E-state index contributed by atoms with van der Waals surface area (Å²) in [6.07, 6.45) is 6.79. The number of hydrogen-bond donors (Lipinski definition) is 0. The van der Waals surface area contributed by atoms with E-state index < -0.39 is 0 Å². The predicted octanol–water partition coefficient (Wildman–Crippen LogP) is -2.33. The van der Waals surface area contributed by atoms with Crippen molar-refractivity contribution in [3.05, 3.63) is 23.9 Å². The summed E-state index contributed by atoms with van der Waals surface area (Å²) < 4.78 is 1.63. The minimum absolute atomic E-state index is 0. The monoisotopic (exact) mass is 252 g/mol. The molecular weight excluding hydrogens is 245 g/mol. The molecule has 0 radical (unpaired) electrons. The molecule has 1 rings (SSSR count). The van der Waals surface area contributed by atoms with Crippen LogP contribution in [0.15, 0.2) is 6.07 Å². The average molecular weight is 252 g/mol. The molecule has 0 atom stereocenters. The standard InChI is InChI=1S/C7H7N2.Cs/c1-4-7-5-6(2)8-9(7)3;/h5H,2-3H3;/q-1;+1. The molecule has 0 saturated carbocycles. The molecule has 0 unspecified atom stereocenters. The molecule has 46 valence electrons. The minimum atomic E-state index is 0. The van der Waals surface area contributed by atoms with Gasteiger partial charge in [0.2, 0.25) is 0 Å². The van der Waals surface area contributed by atoms with E-state index in [1.807, 2.05) is 13.0 Å². The van der Waals surface area contributed by atoms with Gasteiger partial charge in [-0.25, -0.2) is 0 Å². The fourth-order valence-corrected chi connectivity index (χ4v) is 0.728. The summed E-state index contributed by atoms with van der Waals surface area (Å²) in [6, 6.07) is 1.81. The third-order valence-electron chi connectivity index (χ3n) is 1.13. The second-order valence-corrected chi connectivity index (χ2v) is 1.92. The van der Waals surface area contributed by atoms with Crippen LogP contribution >= 0.6 is 0 Å². The van der Waals surface area contributed by atoms with Crippen LogP contribution in [0.2, 0.25) is 0 Å². The molecule has 0 fully saturated rings. The van der Waals surface area contributed by atoms with Crippen molar-refractivity contribution in [3.8, 4) is 5.92 Å². The summed E-state index contributed by atoms with van der Waals surface area (Å²) in [5.41, 5.74) is 1.64. The number of rotatable bonds is 0. The first-order valence-electron chi connectivity index (χ1n) is 2.67. The van der Waals surface area contributed by atoms with Gasteiger partial charge in [0, 0.05) is 12.7 Å². The van der Waals surface area contributed by atoms with Crippen LogP contribution in [-0.2, 0) is 7.05 Å². The van der Waals surface area contributed by atoms with Crippen molar-refractivity contribution in [1.29, 1.82) is 0 Å². The molecule has 1 heterocycles. The quantitative estimate of drug-likeness (QED) is 0.374. The molecule has 0 amide bonds. The van der Waals surface area contributed by atoms with Crippen LogP contribution in [0.5, 0.6) is 0 Å². The van der Waals surface area contributed by atoms with Gasteiger partial charge in [-0.3, -0.25) is 5.92 Å². The molecule has 0 bridgehead atoms. The van der Waals surface area contributed by atoms with Gasteiger partial charge in [0.25, 0.3) is 0 Å². The topological polar surface area (TPSA) is 17.8 Å². The van der Waals surface area contributed by atoms with E-state index in [1.165, 1.54) is 0 Å². The van der Waals surface area contributed by atoms with Crippen LogP contribution in [-0.4, -0.2) is 9.78 Å². The van der Waals surface area contributed by atoms with Crippen LogP contribution in [0.1, 0.15) is 11.4 Å². The molecule has 0 aliphatic heterocycles. The van der Waals surface area contributed by atoms with Crippen molar-refractivity contribution in [3.63, 3.8) is 0 Å². The van der Waals surface area contributed by atoms with E-state index in [4.69, 9.17) is 6.42 Å². The van der Waals surface area contributed by atoms with Gasteiger partial charge in [0.05, 0.1) is 0 Å². The van der Waals surface area contributed by atoms with E-state index >= 15 is 0 Å². The smallest absolute Gasteiger partial charge is 0.364 e. The Balaban J connectivity index is 0.000000810. The molecular formula is C7H7CsN2. The maximum atomic E-state index is 6.79. The van der Waals surface area contributed by atoms with Crippen LogP contribution in [0.3, 0.4) is 0 Å². The zero-order valence-electron chi connectivity index (χ0n) is 6.47. The summed E-state index contributed by atoms with van der Waals surface area (Å²) in [5.74, 6) is 2.27. The predicted molar refractivity (Wildman–Crippen MR) is 34.2 cm³/mol. The molecule has 1 aromatic heterocycles. The summed E-state index contributed by atoms with van der Waals surface area (Å²) in [4.78, 5) is 0. The van der Waals surface area contributed by atoms with Gasteiger partial charge in [-0.05, 0) is 12.6 Å². The third-order valence-corrected chi connectivity index (χ3v) is 1.13. The summed E-state index contributed by atoms with van der Waals surface area (Å²) in [6.45, 7) is 1.89. The Hall–Kier alpha value is 0.822. The zero-order chi connectivity index (χ0) is 6.85. The molecule has 0 aromatic carbocycles. The molecule has 2 nitrogen and oxygen atoms in total. The van der Waals surface area contributed by atoms with Crippen LogP contribution in [0, 0.1) is 19.3 Å². The van der Waals surface area contributed by atoms with E-state index in [-0.39, 0.29) is 68.9 Å². The Kier molecular flexibility index (Phi) is 5.03. The van der Waals surface area contributed by atoms with Crippen LogP contribution in [0.25, 0.3) is 0 Å². The number of aromatic nitrogens is 2. The van der Waals surface area contributed by atoms with Gasteiger partial charge in [0.1, 0.15) is 0 Å². The fourth-order valence-electron chi connectivity index (χ4n) is 0.728. The van der Waals surface area contributed by atoms with E-state index in [0.29, 0.717) is 5.69 Å². The van der Waals surface area contributed by atoms with Crippen molar-refractivity contribution >= 4 is 0 Å². The maximum Gasteiger partial charge on any atom is 1.00 e. The largest absolute Gasteiger partial charge is 1.00 e. The first-order chi connectivity index (χ1) is 4.24. The SMILES string of the molecule is [C-]#Cc1cc(C)nn1C.[Cs+]. The molecule has 0 aliphatic rings. The van der Waals surface area contributed by atoms with E-state index in [9.17, 15) is 0 Å². The van der Waals surface area contributed by atoms with Crippen molar-refractivity contribution in [2.75, 3.05) is 0 Å². The third kappa shape index (κ3) is 2.46. The molecule has 0 saturated heterocycles. The zero-order valence-corrected chi connectivity index (χ0v) is 12.8. The maximum absolute atomic E-state index is 6.79. The molecule has 0 aliphatic carbocycles. The summed E-state index contributed by atoms with van der Waals surface area (Å²) in [5, 5.41) is 4.02. The van der Waals surface area contributed by atoms with Gasteiger partial charge < -0.3 is 11.1 Å². The molecule has 10 heavy (non-hydrogen) atoms. The molecule has 0 N–H and O–H groups in total. The first-order valence-corrected chi connectivity index (χ1v) is 2.67. The Morgan fingerprint density at radius 1 is 1.70 bits per heavy atom. The Bertz CT molecular complexity index is 257. The van der Waals surface area contributed by atoms with Crippen molar-refractivity contribution in [2.24, 2.45) is 7.05 Å². The van der Waals surface area contributed by atoms with Gasteiger partial charge >= 0.3 is 68.9 Å². The molecule has 3 heteroatoms. The Morgan fingerprint density at radius 3 is 2.50 bits per heavy atom. The van der Waals surface area contributed by atoms with E-state index in [0.717, 1.165) is 5.69 Å². The van der Waals surface area contributed by atoms with E-state index in [1.54, 1.807) is 11.7 Å². The molecule has 1 aromatic rings. The van der Waals surface area contributed by atoms with Crippen molar-refractivity contribution in [2.45, 2.75) is 6.92 Å². The number of nitrogens with zero attached hydrogens (tertiary/aromatic N) is 2. The van der Waals surface area contributed by atoms with Gasteiger partial charge in [-0.15, -0.1) is 0 Å². The summed E-state index contributed by atoms with van der Waals surface area (Å²) >= 11 is 0. The fraction of sp³-hybridized carbons (Fsp3) is 0.286. The van der Waals surface area contributed by atoms with Crippen molar-refractivity contribution < 1.29 is 68.9 Å². The minimum Gasteiger partial charge on any atom is -0.364 e. The molecule has 0 spiro atoms. The van der Waals surface area contributed by atoms with Gasteiger partial charge in [0.15, 0.2) is 0 Å². The van der Waals surface area contributed by atoms with E-state index in [2.05, 4.69) is 11.0 Å². The number of aryl methyl sites for hydroxylation is 2. The first kappa shape index (κ1) is 10.8. The van der Waals surface area contributed by atoms with Crippen LogP contribution < -0.4 is 68.9 Å². The second-order valence-electron chi connectivity index (χ2n) is 1.92. The second kappa shape index (κ2) is 4.65.